The SMILES string of the molecule is CCNC(=NCC1(N(C)C)CCOCC1)N1CCN(c2ccccc2O)CC1. The maximum Gasteiger partial charge on any atom is 0.194 e. The third-order valence-corrected chi connectivity index (χ3v) is 6.03. The maximum absolute atomic E-state index is 10.1. The number of benzene rings is 1. The lowest BCUT2D eigenvalue weighted by molar-refractivity contribution is -0.00264. The summed E-state index contributed by atoms with van der Waals surface area (Å²) in [5.41, 5.74) is 0.995. The van der Waals surface area contributed by atoms with Gasteiger partial charge in [0, 0.05) is 51.5 Å². The smallest absolute Gasteiger partial charge is 0.194 e. The molecule has 7 heteroatoms. The van der Waals surface area contributed by atoms with Crippen LogP contribution in [0, 0.1) is 0 Å². The number of aromatic hydroxyl groups is 1. The van der Waals surface area contributed by atoms with Gasteiger partial charge in [0.25, 0.3) is 0 Å². The van der Waals surface area contributed by atoms with Crippen molar-refractivity contribution >= 4 is 11.6 Å². The zero-order valence-corrected chi connectivity index (χ0v) is 17.5. The van der Waals surface area contributed by atoms with Gasteiger partial charge in [-0.15, -0.1) is 0 Å². The molecule has 2 aliphatic heterocycles. The fraction of sp³-hybridized carbons (Fsp3) is 0.667. The molecule has 0 amide bonds. The van der Waals surface area contributed by atoms with Crippen molar-refractivity contribution < 1.29 is 9.84 Å². The molecule has 0 atom stereocenters. The first-order valence-corrected chi connectivity index (χ1v) is 10.4. The fourth-order valence-electron chi connectivity index (χ4n) is 4.04. The van der Waals surface area contributed by atoms with Gasteiger partial charge in [0.05, 0.1) is 12.2 Å². The van der Waals surface area contributed by atoms with E-state index < -0.39 is 0 Å². The first-order chi connectivity index (χ1) is 13.6. The van der Waals surface area contributed by atoms with Crippen molar-refractivity contribution in [2.75, 3.05) is 71.5 Å². The second kappa shape index (κ2) is 9.47. The van der Waals surface area contributed by atoms with Gasteiger partial charge in [0.1, 0.15) is 5.75 Å². The highest BCUT2D eigenvalue weighted by Crippen LogP contribution is 2.28. The molecule has 156 valence electrons. The number of piperazine rings is 1. The first-order valence-electron chi connectivity index (χ1n) is 10.4. The number of phenolic OH excluding ortho intramolecular Hbond substituents is 1. The molecule has 0 spiro atoms. The van der Waals surface area contributed by atoms with Gasteiger partial charge in [-0.05, 0) is 46.0 Å². The number of likely N-dealkylation sites (N-methyl/N-ethyl adjacent to an activating group) is 1. The molecule has 1 aromatic rings. The van der Waals surface area contributed by atoms with E-state index in [1.54, 1.807) is 6.07 Å². The number of guanidine groups is 1. The quantitative estimate of drug-likeness (QED) is 0.589. The van der Waals surface area contributed by atoms with Crippen LogP contribution in [-0.4, -0.2) is 93.0 Å². The van der Waals surface area contributed by atoms with Gasteiger partial charge >= 0.3 is 0 Å². The van der Waals surface area contributed by atoms with Crippen LogP contribution in [0.1, 0.15) is 19.8 Å². The molecular formula is C21H35N5O2. The summed E-state index contributed by atoms with van der Waals surface area (Å²) in [6, 6.07) is 7.57. The summed E-state index contributed by atoms with van der Waals surface area (Å²) < 4.78 is 5.58. The molecule has 0 aromatic heterocycles. The van der Waals surface area contributed by atoms with Gasteiger partial charge in [-0.25, -0.2) is 0 Å². The molecule has 0 aliphatic carbocycles. The molecule has 2 heterocycles. The first kappa shape index (κ1) is 20.7. The van der Waals surface area contributed by atoms with E-state index in [1.165, 1.54) is 0 Å². The second-order valence-corrected chi connectivity index (χ2v) is 7.86. The Hall–Kier alpha value is -1.99. The molecule has 0 bridgehead atoms. The average Bonchev–Trinajstić information content (AvgIpc) is 2.72. The van der Waals surface area contributed by atoms with Gasteiger partial charge in [-0.1, -0.05) is 12.1 Å². The lowest BCUT2D eigenvalue weighted by Gasteiger charge is -2.42. The Labute approximate surface area is 169 Å². The van der Waals surface area contributed by atoms with Gasteiger partial charge in [-0.3, -0.25) is 4.99 Å². The maximum atomic E-state index is 10.1. The largest absolute Gasteiger partial charge is 0.506 e. The predicted molar refractivity (Wildman–Crippen MR) is 114 cm³/mol. The van der Waals surface area contributed by atoms with Crippen LogP contribution >= 0.6 is 0 Å². The van der Waals surface area contributed by atoms with Crippen molar-refractivity contribution in [3.05, 3.63) is 24.3 Å². The number of hydrogen-bond acceptors (Lipinski definition) is 5. The summed E-state index contributed by atoms with van der Waals surface area (Å²) in [6.07, 6.45) is 2.04. The Morgan fingerprint density at radius 2 is 1.86 bits per heavy atom. The van der Waals surface area contributed by atoms with Crippen molar-refractivity contribution in [2.24, 2.45) is 4.99 Å². The van der Waals surface area contributed by atoms with Crippen LogP contribution in [0.2, 0.25) is 0 Å². The van der Waals surface area contributed by atoms with Crippen molar-refractivity contribution in [2.45, 2.75) is 25.3 Å². The molecule has 1 aromatic carbocycles. The van der Waals surface area contributed by atoms with Crippen molar-refractivity contribution in [3.8, 4) is 5.75 Å². The number of hydrogen-bond donors (Lipinski definition) is 2. The van der Waals surface area contributed by atoms with Crippen molar-refractivity contribution in [3.63, 3.8) is 0 Å². The van der Waals surface area contributed by atoms with E-state index in [4.69, 9.17) is 9.73 Å². The number of aliphatic imine (C=N–C) groups is 1. The highest BCUT2D eigenvalue weighted by molar-refractivity contribution is 5.80. The van der Waals surface area contributed by atoms with Gasteiger partial charge in [-0.2, -0.15) is 0 Å². The third-order valence-electron chi connectivity index (χ3n) is 6.03. The number of nitrogens with one attached hydrogen (secondary N) is 1. The molecular weight excluding hydrogens is 354 g/mol. The molecule has 2 N–H and O–H groups in total. The minimum absolute atomic E-state index is 0.0799. The monoisotopic (exact) mass is 389 g/mol. The Balaban J connectivity index is 1.66. The summed E-state index contributed by atoms with van der Waals surface area (Å²) in [5, 5.41) is 13.6. The topological polar surface area (TPSA) is 63.6 Å². The van der Waals surface area contributed by atoms with E-state index in [9.17, 15) is 5.11 Å². The van der Waals surface area contributed by atoms with Gasteiger partial charge in [0.2, 0.25) is 0 Å². The molecule has 2 saturated heterocycles. The third kappa shape index (κ3) is 4.70. The molecule has 2 aliphatic rings. The molecule has 7 nitrogen and oxygen atoms in total. The number of para-hydroxylation sites is 2. The van der Waals surface area contributed by atoms with Crippen LogP contribution in [0.3, 0.4) is 0 Å². The van der Waals surface area contributed by atoms with Crippen molar-refractivity contribution in [1.82, 2.24) is 15.1 Å². The van der Waals surface area contributed by atoms with Crippen LogP contribution in [0.5, 0.6) is 5.75 Å². The van der Waals surface area contributed by atoms with E-state index in [2.05, 4.69) is 41.0 Å². The van der Waals surface area contributed by atoms with E-state index >= 15 is 0 Å². The second-order valence-electron chi connectivity index (χ2n) is 7.86. The van der Waals surface area contributed by atoms with Crippen LogP contribution in [0.25, 0.3) is 0 Å². The number of nitrogens with zero attached hydrogens (tertiary/aromatic N) is 4. The lowest BCUT2D eigenvalue weighted by Crippen LogP contribution is -2.54. The molecule has 3 rings (SSSR count). The minimum Gasteiger partial charge on any atom is -0.506 e. The summed E-state index contributed by atoms with van der Waals surface area (Å²) in [6.45, 7) is 8.89. The molecule has 0 radical (unpaired) electrons. The summed E-state index contributed by atoms with van der Waals surface area (Å²) >= 11 is 0. The van der Waals surface area contributed by atoms with E-state index in [0.717, 1.165) is 77.0 Å². The van der Waals surface area contributed by atoms with Crippen LogP contribution in [-0.2, 0) is 4.74 Å². The van der Waals surface area contributed by atoms with Crippen LogP contribution in [0.4, 0.5) is 5.69 Å². The zero-order chi connectivity index (χ0) is 20.0. The number of phenols is 1. The summed E-state index contributed by atoms with van der Waals surface area (Å²) in [5.74, 6) is 1.34. The standard InChI is InChI=1S/C21H35N5O2/c1-4-22-20(23-17-21(24(2)3)9-15-28-16-10-21)26-13-11-25(12-14-26)18-7-5-6-8-19(18)27/h5-8,27H,4,9-17H2,1-3H3,(H,22,23). The number of rotatable bonds is 5. The molecule has 2 fully saturated rings. The number of ether oxygens (including phenoxy) is 1. The normalized spacial score (nSPS) is 20.5. The van der Waals surface area contributed by atoms with E-state index in [-0.39, 0.29) is 5.54 Å². The van der Waals surface area contributed by atoms with E-state index in [0.29, 0.717) is 5.75 Å². The van der Waals surface area contributed by atoms with E-state index in [1.807, 2.05) is 18.2 Å². The molecule has 0 saturated carbocycles. The van der Waals surface area contributed by atoms with Gasteiger partial charge in [0.15, 0.2) is 5.96 Å². The van der Waals surface area contributed by atoms with Gasteiger partial charge < -0.3 is 29.9 Å². The Morgan fingerprint density at radius 1 is 1.18 bits per heavy atom. The minimum atomic E-state index is 0.0799. The highest BCUT2D eigenvalue weighted by atomic mass is 16.5. The average molecular weight is 390 g/mol. The zero-order valence-electron chi connectivity index (χ0n) is 17.5. The van der Waals surface area contributed by atoms with Crippen LogP contribution in [0.15, 0.2) is 29.3 Å². The summed E-state index contributed by atoms with van der Waals surface area (Å²) in [7, 11) is 4.30. The summed E-state index contributed by atoms with van der Waals surface area (Å²) in [4.78, 5) is 11.9. The lowest BCUT2D eigenvalue weighted by atomic mass is 9.89. The molecule has 0 unspecified atom stereocenters. The predicted octanol–water partition coefficient (Wildman–Crippen LogP) is 1.59. The Bertz CT molecular complexity index is 650. The Kier molecular flexibility index (Phi) is 7.02. The number of anilines is 1. The fourth-order valence-corrected chi connectivity index (χ4v) is 4.04. The van der Waals surface area contributed by atoms with Crippen molar-refractivity contribution in [1.29, 1.82) is 0 Å². The Morgan fingerprint density at radius 3 is 2.46 bits per heavy atom. The highest BCUT2D eigenvalue weighted by Gasteiger charge is 2.35. The molecule has 28 heavy (non-hydrogen) atoms. The van der Waals surface area contributed by atoms with Crippen LogP contribution < -0.4 is 10.2 Å².